The Morgan fingerprint density at radius 1 is 1.38 bits per heavy atom. The minimum Gasteiger partial charge on any atom is -0.217 e. The molecule has 1 heterocycles. The fourth-order valence-corrected chi connectivity index (χ4v) is 2.24. The highest BCUT2D eigenvalue weighted by atomic mass is 35.5. The van der Waals surface area contributed by atoms with E-state index >= 15 is 0 Å². The zero-order chi connectivity index (χ0) is 5.56. The third-order valence-electron chi connectivity index (χ3n) is 2.34. The summed E-state index contributed by atoms with van der Waals surface area (Å²) in [5, 5.41) is 0. The summed E-state index contributed by atoms with van der Waals surface area (Å²) >= 11 is 5.84. The van der Waals surface area contributed by atoms with Crippen molar-refractivity contribution in [2.24, 2.45) is 5.92 Å². The lowest BCUT2D eigenvalue weighted by Gasteiger charge is -2.17. The Morgan fingerprint density at radius 2 is 2.25 bits per heavy atom. The van der Waals surface area contributed by atoms with Crippen molar-refractivity contribution in [2.75, 3.05) is 6.54 Å². The van der Waals surface area contributed by atoms with E-state index in [1.165, 1.54) is 19.3 Å². The van der Waals surface area contributed by atoms with Gasteiger partial charge in [0.2, 0.25) is 0 Å². The standard InChI is InChI=1S/C6H10ClN/c7-8-4-5-1-2-6(8)3-5/h5-6H,1-4H2. The van der Waals surface area contributed by atoms with Crippen molar-refractivity contribution in [3.63, 3.8) is 0 Å². The normalized spacial score (nSPS) is 46.1. The Hall–Kier alpha value is 0.250. The van der Waals surface area contributed by atoms with Crippen LogP contribution in [0.25, 0.3) is 0 Å². The third kappa shape index (κ3) is 0.579. The van der Waals surface area contributed by atoms with Gasteiger partial charge >= 0.3 is 0 Å². The van der Waals surface area contributed by atoms with E-state index in [0.717, 1.165) is 18.5 Å². The highest BCUT2D eigenvalue weighted by Crippen LogP contribution is 2.38. The molecule has 0 aromatic rings. The van der Waals surface area contributed by atoms with Crippen molar-refractivity contribution < 1.29 is 0 Å². The van der Waals surface area contributed by atoms with Gasteiger partial charge in [0.1, 0.15) is 0 Å². The van der Waals surface area contributed by atoms with E-state index in [1.807, 2.05) is 4.42 Å². The second-order valence-corrected chi connectivity index (χ2v) is 3.35. The molecule has 46 valence electrons. The summed E-state index contributed by atoms with van der Waals surface area (Å²) in [6.07, 6.45) is 4.13. The summed E-state index contributed by atoms with van der Waals surface area (Å²) in [6, 6.07) is 0.738. The number of piperidine rings is 1. The van der Waals surface area contributed by atoms with Gasteiger partial charge in [-0.3, -0.25) is 0 Å². The zero-order valence-electron chi connectivity index (χ0n) is 4.81. The van der Waals surface area contributed by atoms with E-state index in [4.69, 9.17) is 11.8 Å². The van der Waals surface area contributed by atoms with Crippen LogP contribution >= 0.6 is 11.8 Å². The summed E-state index contributed by atoms with van der Waals surface area (Å²) in [4.78, 5) is 0. The minimum atomic E-state index is 0.738. The first-order chi connectivity index (χ1) is 3.86. The molecule has 0 aromatic heterocycles. The number of halogens is 1. The topological polar surface area (TPSA) is 3.24 Å². The SMILES string of the molecule is ClN1CC2CCC1C2. The first-order valence-corrected chi connectivity index (χ1v) is 3.62. The van der Waals surface area contributed by atoms with Crippen molar-refractivity contribution >= 4 is 11.8 Å². The summed E-state index contributed by atoms with van der Waals surface area (Å²) in [6.45, 7) is 1.15. The molecule has 0 spiro atoms. The molecule has 1 aliphatic carbocycles. The van der Waals surface area contributed by atoms with Crippen LogP contribution in [0, 0.1) is 5.92 Å². The van der Waals surface area contributed by atoms with Crippen molar-refractivity contribution in [2.45, 2.75) is 25.3 Å². The van der Waals surface area contributed by atoms with Gasteiger partial charge in [-0.2, -0.15) is 0 Å². The molecule has 2 bridgehead atoms. The van der Waals surface area contributed by atoms with Crippen molar-refractivity contribution in [1.82, 2.24) is 4.42 Å². The van der Waals surface area contributed by atoms with Crippen LogP contribution in [0.5, 0.6) is 0 Å². The van der Waals surface area contributed by atoms with E-state index in [9.17, 15) is 0 Å². The molecule has 2 atom stereocenters. The van der Waals surface area contributed by atoms with Crippen molar-refractivity contribution in [3.05, 3.63) is 0 Å². The summed E-state index contributed by atoms with van der Waals surface area (Å²) in [5.41, 5.74) is 0. The van der Waals surface area contributed by atoms with Gasteiger partial charge < -0.3 is 0 Å². The molecule has 2 aliphatic rings. The van der Waals surface area contributed by atoms with Crippen LogP contribution in [0.3, 0.4) is 0 Å². The average molecular weight is 132 g/mol. The molecule has 8 heavy (non-hydrogen) atoms. The smallest absolute Gasteiger partial charge is 0.0255 e. The summed E-state index contributed by atoms with van der Waals surface area (Å²) in [5.74, 6) is 0.942. The van der Waals surface area contributed by atoms with Gasteiger partial charge in [-0.05, 0) is 37.0 Å². The fourth-order valence-electron chi connectivity index (χ4n) is 1.86. The molecular weight excluding hydrogens is 122 g/mol. The molecule has 2 unspecified atom stereocenters. The zero-order valence-corrected chi connectivity index (χ0v) is 5.56. The molecule has 2 rings (SSSR count). The van der Waals surface area contributed by atoms with Gasteiger partial charge in [0.05, 0.1) is 0 Å². The Bertz CT molecular complexity index is 103. The Morgan fingerprint density at radius 3 is 2.50 bits per heavy atom. The number of nitrogens with zero attached hydrogens (tertiary/aromatic N) is 1. The van der Waals surface area contributed by atoms with Crippen molar-refractivity contribution in [3.8, 4) is 0 Å². The summed E-state index contributed by atoms with van der Waals surface area (Å²) in [7, 11) is 0. The van der Waals surface area contributed by atoms with E-state index in [0.29, 0.717) is 0 Å². The number of hydrogen-bond acceptors (Lipinski definition) is 1. The van der Waals surface area contributed by atoms with Gasteiger partial charge in [0.25, 0.3) is 0 Å². The molecule has 1 aliphatic heterocycles. The molecule has 2 heteroatoms. The largest absolute Gasteiger partial charge is 0.217 e. The fraction of sp³-hybridized carbons (Fsp3) is 1.00. The maximum atomic E-state index is 5.84. The molecule has 0 aromatic carbocycles. The molecule has 1 nitrogen and oxygen atoms in total. The van der Waals surface area contributed by atoms with E-state index in [1.54, 1.807) is 0 Å². The highest BCUT2D eigenvalue weighted by Gasteiger charge is 2.36. The van der Waals surface area contributed by atoms with Crippen LogP contribution in [0.1, 0.15) is 19.3 Å². The molecule has 0 N–H and O–H groups in total. The minimum absolute atomic E-state index is 0.738. The maximum Gasteiger partial charge on any atom is 0.0255 e. The van der Waals surface area contributed by atoms with Gasteiger partial charge in [-0.15, -0.1) is 0 Å². The molecule has 1 saturated heterocycles. The average Bonchev–Trinajstić information content (AvgIpc) is 2.23. The lowest BCUT2D eigenvalue weighted by Crippen LogP contribution is -2.22. The van der Waals surface area contributed by atoms with Crippen molar-refractivity contribution in [1.29, 1.82) is 0 Å². The van der Waals surface area contributed by atoms with Gasteiger partial charge in [0, 0.05) is 12.6 Å². The highest BCUT2D eigenvalue weighted by molar-refractivity contribution is 6.13. The molecular formula is C6H10ClN. The Labute approximate surface area is 54.7 Å². The van der Waals surface area contributed by atoms with Crippen LogP contribution in [0.15, 0.2) is 0 Å². The van der Waals surface area contributed by atoms with Crippen LogP contribution in [0.4, 0.5) is 0 Å². The Balaban J connectivity index is 2.11. The number of hydrogen-bond donors (Lipinski definition) is 0. The molecule has 0 radical (unpaired) electrons. The lowest BCUT2D eigenvalue weighted by atomic mass is 10.1. The molecule has 0 amide bonds. The van der Waals surface area contributed by atoms with Crippen LogP contribution in [-0.4, -0.2) is 17.0 Å². The number of rotatable bonds is 0. The predicted octanol–water partition coefficient (Wildman–Crippen LogP) is 1.62. The third-order valence-corrected chi connectivity index (χ3v) is 2.76. The van der Waals surface area contributed by atoms with E-state index in [2.05, 4.69) is 0 Å². The van der Waals surface area contributed by atoms with Gasteiger partial charge in [-0.1, -0.05) is 0 Å². The maximum absolute atomic E-state index is 5.84. The van der Waals surface area contributed by atoms with Crippen LogP contribution in [0.2, 0.25) is 0 Å². The van der Waals surface area contributed by atoms with E-state index in [-0.39, 0.29) is 0 Å². The second-order valence-electron chi connectivity index (χ2n) is 2.92. The Kier molecular flexibility index (Phi) is 1.02. The molecule has 2 fully saturated rings. The number of fused-ring (bicyclic) bond motifs is 2. The predicted molar refractivity (Wildman–Crippen MR) is 33.7 cm³/mol. The summed E-state index contributed by atoms with van der Waals surface area (Å²) < 4.78 is 1.98. The monoisotopic (exact) mass is 131 g/mol. The quantitative estimate of drug-likeness (QED) is 0.452. The second kappa shape index (κ2) is 1.61. The van der Waals surface area contributed by atoms with Gasteiger partial charge in [0.15, 0.2) is 0 Å². The van der Waals surface area contributed by atoms with Gasteiger partial charge in [-0.25, -0.2) is 4.42 Å². The van der Waals surface area contributed by atoms with Crippen LogP contribution in [-0.2, 0) is 0 Å². The van der Waals surface area contributed by atoms with E-state index < -0.39 is 0 Å². The molecule has 1 saturated carbocycles. The lowest BCUT2D eigenvalue weighted by molar-refractivity contribution is 0.354. The first-order valence-electron chi connectivity index (χ1n) is 3.28. The first kappa shape index (κ1) is 5.07. The van der Waals surface area contributed by atoms with Crippen LogP contribution < -0.4 is 0 Å².